The summed E-state index contributed by atoms with van der Waals surface area (Å²) in [6.07, 6.45) is -0.736. The molecule has 0 aromatic rings. The van der Waals surface area contributed by atoms with Crippen molar-refractivity contribution in [1.29, 1.82) is 0 Å². The van der Waals surface area contributed by atoms with E-state index in [1.54, 1.807) is 13.8 Å². The lowest BCUT2D eigenvalue weighted by Crippen LogP contribution is -1.92. The minimum Gasteiger partial charge on any atom is -0.238 e. The molecule has 0 amide bonds. The van der Waals surface area contributed by atoms with Crippen LogP contribution >= 0.6 is 0 Å². The molecule has 0 unspecified atom stereocenters. The van der Waals surface area contributed by atoms with Gasteiger partial charge in [-0.05, 0) is 20.6 Å². The third-order valence-corrected chi connectivity index (χ3v) is 0.495. The topological polar surface area (TPSA) is 24.7 Å². The lowest BCUT2D eigenvalue weighted by Gasteiger charge is -1.91. The lowest BCUT2D eigenvalue weighted by atomic mass is 10.4. The van der Waals surface area contributed by atoms with Crippen LogP contribution in [0.2, 0.25) is 0 Å². The van der Waals surface area contributed by atoms with Gasteiger partial charge in [0.15, 0.2) is 0 Å². The molecule has 46 valence electrons. The molecule has 0 aliphatic carbocycles. The molecule has 0 spiro atoms. The second kappa shape index (κ2) is 3.29. The molecule has 0 atom stereocenters. The molecule has 0 bridgehead atoms. The minimum atomic E-state index is -0.736. The number of nitrogens with zero attached hydrogens (tertiary/aromatic N) is 2. The summed E-state index contributed by atoms with van der Waals surface area (Å²) >= 11 is 0. The molecule has 8 heavy (non-hydrogen) atoms. The van der Waals surface area contributed by atoms with Crippen LogP contribution in [0.4, 0.5) is 4.39 Å². The van der Waals surface area contributed by atoms with Gasteiger partial charge in [0.2, 0.25) is 0 Å². The van der Waals surface area contributed by atoms with Crippen LogP contribution < -0.4 is 0 Å². The van der Waals surface area contributed by atoms with Crippen molar-refractivity contribution in [1.82, 2.24) is 0 Å². The normalized spacial score (nSPS) is 12.2. The average Bonchev–Trinajstić information content (AvgIpc) is 1.65. The van der Waals surface area contributed by atoms with Crippen molar-refractivity contribution in [3.63, 3.8) is 0 Å². The highest BCUT2D eigenvalue weighted by atomic mass is 19.1. The van der Waals surface area contributed by atoms with E-state index < -0.39 is 6.09 Å². The Morgan fingerprint density at radius 2 is 2.12 bits per heavy atom. The molecule has 2 nitrogen and oxygen atoms in total. The van der Waals surface area contributed by atoms with E-state index in [9.17, 15) is 4.39 Å². The first-order valence-electron chi connectivity index (χ1n) is 2.37. The summed E-state index contributed by atoms with van der Waals surface area (Å²) in [5, 5.41) is 0. The van der Waals surface area contributed by atoms with Crippen LogP contribution in [0.5, 0.6) is 0 Å². The van der Waals surface area contributed by atoms with E-state index in [-0.39, 0.29) is 6.04 Å². The summed E-state index contributed by atoms with van der Waals surface area (Å²) in [5.74, 6) is 0. The first-order chi connectivity index (χ1) is 3.66. The van der Waals surface area contributed by atoms with E-state index in [1.165, 1.54) is 0 Å². The molecule has 0 aliphatic rings. The van der Waals surface area contributed by atoms with Crippen molar-refractivity contribution in [3.8, 4) is 0 Å². The molecule has 0 heterocycles. The maximum atomic E-state index is 11.9. The SMILES string of the molecule is C=N/C(F)=N\C(C)C. The van der Waals surface area contributed by atoms with Gasteiger partial charge in [0.1, 0.15) is 0 Å². The fraction of sp³-hybridized carbons (Fsp3) is 0.600. The van der Waals surface area contributed by atoms with Gasteiger partial charge in [0, 0.05) is 6.04 Å². The maximum absolute atomic E-state index is 11.9. The van der Waals surface area contributed by atoms with Crippen molar-refractivity contribution < 1.29 is 4.39 Å². The van der Waals surface area contributed by atoms with E-state index >= 15 is 0 Å². The van der Waals surface area contributed by atoms with Crippen LogP contribution in [0.3, 0.4) is 0 Å². The number of rotatable bonds is 1. The third-order valence-electron chi connectivity index (χ3n) is 0.495. The van der Waals surface area contributed by atoms with Gasteiger partial charge in [-0.3, -0.25) is 0 Å². The van der Waals surface area contributed by atoms with Crippen molar-refractivity contribution >= 4 is 12.8 Å². The Bertz CT molecular complexity index is 107. The van der Waals surface area contributed by atoms with Gasteiger partial charge in [0.05, 0.1) is 0 Å². The number of hydrogen-bond donors (Lipinski definition) is 0. The standard InChI is InChI=1S/C5H9FN2/c1-4(2)8-5(6)7-3/h4H,3H2,1-2H3/b8-5-. The third kappa shape index (κ3) is 3.46. The Morgan fingerprint density at radius 1 is 1.62 bits per heavy atom. The fourth-order valence-electron chi connectivity index (χ4n) is 0.254. The zero-order valence-electron chi connectivity index (χ0n) is 5.06. The molecule has 0 aliphatic heterocycles. The van der Waals surface area contributed by atoms with Crippen LogP contribution in [0, 0.1) is 0 Å². The van der Waals surface area contributed by atoms with Gasteiger partial charge in [-0.15, -0.1) is 0 Å². The Balaban J connectivity index is 3.74. The fourth-order valence-corrected chi connectivity index (χ4v) is 0.254. The number of hydrogen-bond acceptors (Lipinski definition) is 1. The molecular formula is C5H9FN2. The number of aliphatic imine (C=N–C) groups is 2. The van der Waals surface area contributed by atoms with Crippen molar-refractivity contribution in [2.24, 2.45) is 9.98 Å². The molecule has 0 rings (SSSR count). The molecule has 0 aromatic heterocycles. The maximum Gasteiger partial charge on any atom is 0.303 e. The number of amidine groups is 1. The molecule has 0 saturated carbocycles. The summed E-state index contributed by atoms with van der Waals surface area (Å²) in [6.45, 7) is 6.50. The summed E-state index contributed by atoms with van der Waals surface area (Å²) in [5.41, 5.74) is 0. The summed E-state index contributed by atoms with van der Waals surface area (Å²) in [4.78, 5) is 6.38. The molecule has 0 N–H and O–H groups in total. The molecular weight excluding hydrogens is 107 g/mol. The molecule has 0 fully saturated rings. The van der Waals surface area contributed by atoms with E-state index in [0.29, 0.717) is 0 Å². The summed E-state index contributed by atoms with van der Waals surface area (Å²) in [6, 6.07) is -0.0412. The van der Waals surface area contributed by atoms with Crippen LogP contribution in [0.25, 0.3) is 0 Å². The van der Waals surface area contributed by atoms with Crippen LogP contribution in [0.1, 0.15) is 13.8 Å². The molecule has 3 heteroatoms. The summed E-state index contributed by atoms with van der Waals surface area (Å²) in [7, 11) is 0. The van der Waals surface area contributed by atoms with E-state index in [2.05, 4.69) is 16.7 Å². The van der Waals surface area contributed by atoms with Gasteiger partial charge in [-0.25, -0.2) is 9.98 Å². The Hall–Kier alpha value is -0.730. The van der Waals surface area contributed by atoms with Crippen LogP contribution in [0.15, 0.2) is 9.98 Å². The quantitative estimate of drug-likeness (QED) is 0.281. The van der Waals surface area contributed by atoms with Gasteiger partial charge in [-0.1, -0.05) is 0 Å². The second-order valence-corrected chi connectivity index (χ2v) is 1.65. The van der Waals surface area contributed by atoms with E-state index in [0.717, 1.165) is 0 Å². The van der Waals surface area contributed by atoms with Gasteiger partial charge >= 0.3 is 6.09 Å². The van der Waals surface area contributed by atoms with Gasteiger partial charge < -0.3 is 0 Å². The zero-order valence-corrected chi connectivity index (χ0v) is 5.06. The highest BCUT2D eigenvalue weighted by Gasteiger charge is 1.90. The van der Waals surface area contributed by atoms with E-state index in [1.807, 2.05) is 0 Å². The molecule has 0 aromatic carbocycles. The first-order valence-corrected chi connectivity index (χ1v) is 2.37. The monoisotopic (exact) mass is 116 g/mol. The Morgan fingerprint density at radius 3 is 2.25 bits per heavy atom. The lowest BCUT2D eigenvalue weighted by molar-refractivity contribution is 0.738. The predicted octanol–water partition coefficient (Wildman–Crippen LogP) is 1.42. The average molecular weight is 116 g/mol. The van der Waals surface area contributed by atoms with Gasteiger partial charge in [-0.2, -0.15) is 4.39 Å². The molecule has 0 saturated heterocycles. The smallest absolute Gasteiger partial charge is 0.238 e. The largest absolute Gasteiger partial charge is 0.303 e. The first kappa shape index (κ1) is 7.27. The highest BCUT2D eigenvalue weighted by Crippen LogP contribution is 1.89. The predicted molar refractivity (Wildman–Crippen MR) is 33.2 cm³/mol. The van der Waals surface area contributed by atoms with Crippen molar-refractivity contribution in [2.45, 2.75) is 19.9 Å². The van der Waals surface area contributed by atoms with Crippen molar-refractivity contribution in [2.75, 3.05) is 0 Å². The van der Waals surface area contributed by atoms with Crippen molar-refractivity contribution in [3.05, 3.63) is 0 Å². The number of halogens is 1. The Kier molecular flexibility index (Phi) is 2.99. The van der Waals surface area contributed by atoms with Crippen LogP contribution in [-0.2, 0) is 0 Å². The Labute approximate surface area is 48.2 Å². The second-order valence-electron chi connectivity index (χ2n) is 1.65. The van der Waals surface area contributed by atoms with Gasteiger partial charge in [0.25, 0.3) is 0 Å². The summed E-state index contributed by atoms with van der Waals surface area (Å²) < 4.78 is 11.9. The highest BCUT2D eigenvalue weighted by molar-refractivity contribution is 5.77. The zero-order chi connectivity index (χ0) is 6.57. The van der Waals surface area contributed by atoms with E-state index in [4.69, 9.17) is 0 Å². The molecule has 0 radical (unpaired) electrons. The van der Waals surface area contributed by atoms with Crippen LogP contribution in [-0.4, -0.2) is 18.8 Å². The minimum absolute atomic E-state index is 0.0412.